The second kappa shape index (κ2) is 7.53. The van der Waals surface area contributed by atoms with Gasteiger partial charge in [-0.25, -0.2) is 4.98 Å². The monoisotopic (exact) mass is 433 g/mol. The van der Waals surface area contributed by atoms with Crippen LogP contribution in [0.1, 0.15) is 5.56 Å². The van der Waals surface area contributed by atoms with E-state index < -0.39 is 17.6 Å². The number of benzene rings is 1. The molecule has 0 aliphatic rings. The number of hydrogen-bond donors (Lipinski definition) is 1. The van der Waals surface area contributed by atoms with Crippen molar-refractivity contribution in [1.82, 2.24) is 9.55 Å². The Morgan fingerprint density at radius 3 is 2.81 bits per heavy atom. The molecule has 0 aliphatic carbocycles. The van der Waals surface area contributed by atoms with Crippen LogP contribution >= 0.6 is 34.7 Å². The van der Waals surface area contributed by atoms with Crippen LogP contribution in [-0.2, 0) is 18.0 Å². The molecule has 1 aromatic carbocycles. The number of nitrogens with zero attached hydrogens (tertiary/aromatic N) is 2. The average Bonchev–Trinajstić information content (AvgIpc) is 3.06. The number of aromatic nitrogens is 2. The normalized spacial score (nSPS) is 11.7. The highest BCUT2D eigenvalue weighted by molar-refractivity contribution is 7.99. The number of hydrogen-bond acceptors (Lipinski definition) is 5. The van der Waals surface area contributed by atoms with E-state index in [0.717, 1.165) is 30.0 Å². The first-order valence-corrected chi connectivity index (χ1v) is 9.65. The Bertz CT molecular complexity index is 1080. The van der Waals surface area contributed by atoms with Crippen molar-refractivity contribution < 1.29 is 18.0 Å². The zero-order chi connectivity index (χ0) is 19.8. The van der Waals surface area contributed by atoms with E-state index in [-0.39, 0.29) is 22.0 Å². The predicted octanol–water partition coefficient (Wildman–Crippen LogP) is 4.40. The Balaban J connectivity index is 1.74. The van der Waals surface area contributed by atoms with E-state index >= 15 is 0 Å². The third kappa shape index (κ3) is 4.28. The van der Waals surface area contributed by atoms with Crippen LogP contribution in [0.25, 0.3) is 10.2 Å². The lowest BCUT2D eigenvalue weighted by molar-refractivity contribution is -0.137. The second-order valence-electron chi connectivity index (χ2n) is 5.42. The van der Waals surface area contributed by atoms with Crippen molar-refractivity contribution in [2.75, 3.05) is 11.1 Å². The van der Waals surface area contributed by atoms with Gasteiger partial charge in [-0.15, -0.1) is 11.3 Å². The molecule has 0 spiro atoms. The zero-order valence-electron chi connectivity index (χ0n) is 13.6. The number of rotatable bonds is 4. The Morgan fingerprint density at radius 2 is 2.11 bits per heavy atom. The molecule has 5 nitrogen and oxygen atoms in total. The van der Waals surface area contributed by atoms with Crippen molar-refractivity contribution in [2.45, 2.75) is 11.3 Å². The number of thiophene rings is 1. The van der Waals surface area contributed by atoms with Gasteiger partial charge in [-0.3, -0.25) is 14.2 Å². The summed E-state index contributed by atoms with van der Waals surface area (Å²) in [6.07, 6.45) is -4.54. The van der Waals surface area contributed by atoms with E-state index in [9.17, 15) is 22.8 Å². The molecule has 0 radical (unpaired) electrons. The molecule has 0 saturated heterocycles. The molecule has 0 unspecified atom stereocenters. The van der Waals surface area contributed by atoms with Crippen LogP contribution in [0.3, 0.4) is 0 Å². The summed E-state index contributed by atoms with van der Waals surface area (Å²) in [5.74, 6) is -0.719. The van der Waals surface area contributed by atoms with Crippen molar-refractivity contribution in [3.63, 3.8) is 0 Å². The summed E-state index contributed by atoms with van der Waals surface area (Å²) in [6.45, 7) is 0. The van der Waals surface area contributed by atoms with Crippen LogP contribution in [0.5, 0.6) is 0 Å². The van der Waals surface area contributed by atoms with E-state index in [0.29, 0.717) is 15.4 Å². The first-order valence-electron chi connectivity index (χ1n) is 7.40. The molecule has 2 aromatic heterocycles. The van der Waals surface area contributed by atoms with Gasteiger partial charge in [0.05, 0.1) is 27.5 Å². The van der Waals surface area contributed by atoms with Gasteiger partial charge in [0.25, 0.3) is 5.56 Å². The highest BCUT2D eigenvalue weighted by atomic mass is 35.5. The molecule has 1 amide bonds. The van der Waals surface area contributed by atoms with Gasteiger partial charge in [0.2, 0.25) is 5.91 Å². The SMILES string of the molecule is Cn1c(SCC(=O)Nc2cc(C(F)(F)F)ccc2Cl)nc2ccsc2c1=O. The standard InChI is InChI=1S/C16H11ClF3N3O2S2/c1-23-14(25)13-10(4-5-26-13)22-15(23)27-7-12(24)21-11-6-8(16(18,19)20)2-3-9(11)17/h2-6H,7H2,1H3,(H,21,24). The molecule has 0 fully saturated rings. The van der Waals surface area contributed by atoms with Crippen LogP contribution in [-0.4, -0.2) is 21.2 Å². The Morgan fingerprint density at radius 1 is 1.37 bits per heavy atom. The average molecular weight is 434 g/mol. The highest BCUT2D eigenvalue weighted by Crippen LogP contribution is 2.34. The molecule has 27 heavy (non-hydrogen) atoms. The van der Waals surface area contributed by atoms with Gasteiger partial charge < -0.3 is 5.32 Å². The summed E-state index contributed by atoms with van der Waals surface area (Å²) >= 11 is 8.14. The van der Waals surface area contributed by atoms with E-state index in [1.807, 2.05) is 0 Å². The molecule has 142 valence electrons. The minimum Gasteiger partial charge on any atom is -0.324 e. The first kappa shape index (κ1) is 19.7. The van der Waals surface area contributed by atoms with Gasteiger partial charge in [-0.05, 0) is 29.6 Å². The fraction of sp³-hybridized carbons (Fsp3) is 0.188. The molecule has 11 heteroatoms. The van der Waals surface area contributed by atoms with E-state index in [1.54, 1.807) is 18.5 Å². The van der Waals surface area contributed by atoms with Gasteiger partial charge in [0.1, 0.15) is 4.70 Å². The molecule has 0 saturated carbocycles. The van der Waals surface area contributed by atoms with Crippen LogP contribution in [0.2, 0.25) is 5.02 Å². The van der Waals surface area contributed by atoms with Gasteiger partial charge >= 0.3 is 6.18 Å². The van der Waals surface area contributed by atoms with Gasteiger partial charge in [-0.2, -0.15) is 13.2 Å². The van der Waals surface area contributed by atoms with Crippen LogP contribution in [0, 0.1) is 0 Å². The first-order chi connectivity index (χ1) is 12.7. The van der Waals surface area contributed by atoms with Crippen LogP contribution in [0.15, 0.2) is 39.6 Å². The van der Waals surface area contributed by atoms with Gasteiger partial charge in [0.15, 0.2) is 5.16 Å². The Hall–Kier alpha value is -2.04. The molecule has 2 heterocycles. The third-order valence-electron chi connectivity index (χ3n) is 3.55. The number of fused-ring (bicyclic) bond motifs is 1. The maximum absolute atomic E-state index is 12.8. The smallest absolute Gasteiger partial charge is 0.324 e. The molecule has 3 rings (SSSR count). The number of halogens is 4. The maximum Gasteiger partial charge on any atom is 0.416 e. The minimum absolute atomic E-state index is 0.00781. The van der Waals surface area contributed by atoms with Crippen molar-refractivity contribution in [1.29, 1.82) is 0 Å². The minimum atomic E-state index is -4.54. The lowest BCUT2D eigenvalue weighted by Crippen LogP contribution is -2.20. The number of carbonyl (C=O) groups is 1. The summed E-state index contributed by atoms with van der Waals surface area (Å²) in [5.41, 5.74) is -0.736. The van der Waals surface area contributed by atoms with Crippen LogP contribution in [0.4, 0.5) is 18.9 Å². The number of carbonyl (C=O) groups excluding carboxylic acids is 1. The van der Waals surface area contributed by atoms with Crippen molar-refractivity contribution in [3.8, 4) is 0 Å². The summed E-state index contributed by atoms with van der Waals surface area (Å²) in [4.78, 5) is 28.7. The van der Waals surface area contributed by atoms with Crippen molar-refractivity contribution in [2.24, 2.45) is 7.05 Å². The topological polar surface area (TPSA) is 64.0 Å². The molecule has 1 N–H and O–H groups in total. The Labute approximate surface area is 164 Å². The summed E-state index contributed by atoms with van der Waals surface area (Å²) in [6, 6.07) is 4.38. The maximum atomic E-state index is 12.8. The zero-order valence-corrected chi connectivity index (χ0v) is 16.0. The Kier molecular flexibility index (Phi) is 5.50. The molecule has 0 bridgehead atoms. The highest BCUT2D eigenvalue weighted by Gasteiger charge is 2.31. The van der Waals surface area contributed by atoms with Crippen molar-refractivity contribution in [3.05, 3.63) is 50.6 Å². The molecule has 0 aliphatic heterocycles. The van der Waals surface area contributed by atoms with Crippen molar-refractivity contribution >= 4 is 56.5 Å². The number of anilines is 1. The largest absolute Gasteiger partial charge is 0.416 e. The molecule has 3 aromatic rings. The van der Waals surface area contributed by atoms with Gasteiger partial charge in [0, 0.05) is 7.05 Å². The fourth-order valence-corrected chi connectivity index (χ4v) is 3.95. The number of thioether (sulfide) groups is 1. The van der Waals surface area contributed by atoms with Crippen LogP contribution < -0.4 is 10.9 Å². The molecular formula is C16H11ClF3N3O2S2. The lowest BCUT2D eigenvalue weighted by Gasteiger charge is -2.12. The third-order valence-corrected chi connectivity index (χ3v) is 5.80. The number of amides is 1. The second-order valence-corrected chi connectivity index (χ2v) is 7.69. The molecular weight excluding hydrogens is 423 g/mol. The van der Waals surface area contributed by atoms with E-state index in [4.69, 9.17) is 11.6 Å². The van der Waals surface area contributed by atoms with Gasteiger partial charge in [-0.1, -0.05) is 23.4 Å². The summed E-state index contributed by atoms with van der Waals surface area (Å²) in [5, 5.41) is 4.42. The number of nitrogens with one attached hydrogen (secondary N) is 1. The summed E-state index contributed by atoms with van der Waals surface area (Å²) < 4.78 is 40.2. The number of alkyl halides is 3. The lowest BCUT2D eigenvalue weighted by atomic mass is 10.2. The summed E-state index contributed by atoms with van der Waals surface area (Å²) in [7, 11) is 1.54. The van der Waals surface area contributed by atoms with E-state index in [1.165, 1.54) is 15.9 Å². The predicted molar refractivity (Wildman–Crippen MR) is 101 cm³/mol. The molecule has 0 atom stereocenters. The van der Waals surface area contributed by atoms with E-state index in [2.05, 4.69) is 10.3 Å². The quantitative estimate of drug-likeness (QED) is 0.489. The fourth-order valence-electron chi connectivity index (χ4n) is 2.21.